The molecule has 0 aliphatic heterocycles. The van der Waals surface area contributed by atoms with E-state index >= 15 is 0 Å². The molecule has 108 valence electrons. The van der Waals surface area contributed by atoms with Crippen LogP contribution in [-0.2, 0) is 12.3 Å². The third kappa shape index (κ3) is 2.79. The molecule has 0 amide bonds. The van der Waals surface area contributed by atoms with Crippen LogP contribution >= 0.6 is 23.1 Å². The fourth-order valence-corrected chi connectivity index (χ4v) is 3.64. The first-order valence-corrected chi connectivity index (χ1v) is 8.19. The number of fused-ring (bicyclic) bond motifs is 1. The summed E-state index contributed by atoms with van der Waals surface area (Å²) in [6, 6.07) is 3.69. The van der Waals surface area contributed by atoms with Crippen LogP contribution in [0.15, 0.2) is 44.6 Å². The van der Waals surface area contributed by atoms with Gasteiger partial charge in [-0.3, -0.25) is 9.36 Å². The molecule has 0 spiro atoms. The summed E-state index contributed by atoms with van der Waals surface area (Å²) in [5, 5.41) is 7.06. The Hall–Kier alpha value is -1.86. The van der Waals surface area contributed by atoms with E-state index in [0.29, 0.717) is 22.8 Å². The van der Waals surface area contributed by atoms with Crippen molar-refractivity contribution in [1.82, 2.24) is 14.7 Å². The summed E-state index contributed by atoms with van der Waals surface area (Å²) < 4.78 is 6.82. The second-order valence-corrected chi connectivity index (χ2v) is 6.30. The predicted molar refractivity (Wildman–Crippen MR) is 84.9 cm³/mol. The van der Waals surface area contributed by atoms with E-state index in [1.54, 1.807) is 10.6 Å². The summed E-state index contributed by atoms with van der Waals surface area (Å²) in [4.78, 5) is 17.8. The molecule has 0 atom stereocenters. The number of allylic oxidation sites excluding steroid dienone is 1. The topological polar surface area (TPSA) is 60.9 Å². The number of nitrogens with zero attached hydrogens (tertiary/aromatic N) is 3. The average molecular weight is 319 g/mol. The van der Waals surface area contributed by atoms with Crippen LogP contribution in [-0.4, -0.2) is 14.7 Å². The number of thioether (sulfide) groups is 1. The molecule has 0 saturated carbocycles. The van der Waals surface area contributed by atoms with Crippen molar-refractivity contribution in [2.24, 2.45) is 0 Å². The van der Waals surface area contributed by atoms with Crippen molar-refractivity contribution in [2.75, 3.05) is 0 Å². The highest BCUT2D eigenvalue weighted by Gasteiger charge is 2.12. The Morgan fingerprint density at radius 1 is 1.57 bits per heavy atom. The van der Waals surface area contributed by atoms with Crippen LogP contribution in [0.3, 0.4) is 0 Å². The van der Waals surface area contributed by atoms with Gasteiger partial charge >= 0.3 is 0 Å². The second-order valence-electron chi connectivity index (χ2n) is 4.46. The van der Waals surface area contributed by atoms with E-state index in [1.807, 2.05) is 24.4 Å². The second kappa shape index (κ2) is 5.87. The number of rotatable bonds is 5. The minimum absolute atomic E-state index is 0.0302. The largest absolute Gasteiger partial charge is 0.360 e. The van der Waals surface area contributed by atoms with Crippen LogP contribution in [0.5, 0.6) is 0 Å². The van der Waals surface area contributed by atoms with Crippen molar-refractivity contribution in [1.29, 1.82) is 0 Å². The molecule has 7 heteroatoms. The summed E-state index contributed by atoms with van der Waals surface area (Å²) >= 11 is 2.93. The van der Waals surface area contributed by atoms with Gasteiger partial charge in [-0.1, -0.05) is 23.0 Å². The Bertz CT molecular complexity index is 847. The zero-order chi connectivity index (χ0) is 14.8. The van der Waals surface area contributed by atoms with Crippen molar-refractivity contribution in [2.45, 2.75) is 24.4 Å². The average Bonchev–Trinajstić information content (AvgIpc) is 3.09. The SMILES string of the molecule is C=CCn1c(SCc2cc(C)no2)nc2sccc2c1=O. The zero-order valence-electron chi connectivity index (χ0n) is 11.4. The van der Waals surface area contributed by atoms with Gasteiger partial charge in [0.2, 0.25) is 0 Å². The minimum atomic E-state index is -0.0302. The number of hydrogen-bond donors (Lipinski definition) is 0. The Kier molecular flexibility index (Phi) is 3.94. The van der Waals surface area contributed by atoms with Crippen molar-refractivity contribution in [3.05, 3.63) is 52.0 Å². The molecule has 0 fully saturated rings. The molecule has 0 aliphatic rings. The summed E-state index contributed by atoms with van der Waals surface area (Å²) in [7, 11) is 0. The smallest absolute Gasteiger partial charge is 0.263 e. The van der Waals surface area contributed by atoms with Gasteiger partial charge in [-0.25, -0.2) is 4.98 Å². The predicted octanol–water partition coefficient (Wildman–Crippen LogP) is 3.23. The molecular formula is C14H13N3O2S2. The third-order valence-corrected chi connectivity index (χ3v) is 4.69. The van der Waals surface area contributed by atoms with Gasteiger partial charge < -0.3 is 4.52 Å². The monoisotopic (exact) mass is 319 g/mol. The number of thiophene rings is 1. The molecular weight excluding hydrogens is 306 g/mol. The molecule has 0 saturated heterocycles. The van der Waals surface area contributed by atoms with E-state index in [1.165, 1.54) is 23.1 Å². The first-order chi connectivity index (χ1) is 10.2. The van der Waals surface area contributed by atoms with Gasteiger partial charge in [0, 0.05) is 12.6 Å². The summed E-state index contributed by atoms with van der Waals surface area (Å²) in [6.07, 6.45) is 1.70. The van der Waals surface area contributed by atoms with Gasteiger partial charge in [0.15, 0.2) is 5.16 Å². The van der Waals surface area contributed by atoms with Crippen LogP contribution < -0.4 is 5.56 Å². The number of hydrogen-bond acceptors (Lipinski definition) is 6. The van der Waals surface area contributed by atoms with Crippen LogP contribution in [0.25, 0.3) is 10.2 Å². The molecule has 0 radical (unpaired) electrons. The maximum atomic E-state index is 12.4. The molecule has 0 unspecified atom stereocenters. The quantitative estimate of drug-likeness (QED) is 0.410. The normalized spacial score (nSPS) is 11.1. The van der Waals surface area contributed by atoms with Crippen molar-refractivity contribution < 1.29 is 4.52 Å². The fraction of sp³-hybridized carbons (Fsp3) is 0.214. The van der Waals surface area contributed by atoms with E-state index in [9.17, 15) is 4.79 Å². The molecule has 3 heterocycles. The van der Waals surface area contributed by atoms with Crippen LogP contribution in [0.4, 0.5) is 0 Å². The summed E-state index contributed by atoms with van der Waals surface area (Å²) in [5.41, 5.74) is 0.813. The van der Waals surface area contributed by atoms with Gasteiger partial charge in [-0.2, -0.15) is 0 Å². The van der Waals surface area contributed by atoms with E-state index in [4.69, 9.17) is 4.52 Å². The highest BCUT2D eigenvalue weighted by Crippen LogP contribution is 2.24. The van der Waals surface area contributed by atoms with Crippen molar-refractivity contribution >= 4 is 33.3 Å². The standard InChI is InChI=1S/C14H13N3O2S2/c1-3-5-17-13(18)11-4-6-20-12(11)15-14(17)21-8-10-7-9(2)16-19-10/h3-4,6-7H,1,5,8H2,2H3. The van der Waals surface area contributed by atoms with Crippen LogP contribution in [0.1, 0.15) is 11.5 Å². The van der Waals surface area contributed by atoms with Gasteiger partial charge in [-0.05, 0) is 18.4 Å². The zero-order valence-corrected chi connectivity index (χ0v) is 13.0. The van der Waals surface area contributed by atoms with Gasteiger partial charge in [0.1, 0.15) is 10.6 Å². The molecule has 0 bridgehead atoms. The molecule has 0 aliphatic carbocycles. The highest BCUT2D eigenvalue weighted by molar-refractivity contribution is 7.98. The van der Waals surface area contributed by atoms with Crippen LogP contribution in [0, 0.1) is 6.92 Å². The molecule has 5 nitrogen and oxygen atoms in total. The lowest BCUT2D eigenvalue weighted by atomic mass is 10.4. The van der Waals surface area contributed by atoms with E-state index in [2.05, 4.69) is 16.7 Å². The molecule has 0 N–H and O–H groups in total. The Labute approximate surface area is 129 Å². The molecule has 0 aromatic carbocycles. The lowest BCUT2D eigenvalue weighted by Crippen LogP contribution is -2.22. The molecule has 3 aromatic heterocycles. The number of aromatic nitrogens is 3. The van der Waals surface area contributed by atoms with Gasteiger partial charge in [-0.15, -0.1) is 17.9 Å². The Morgan fingerprint density at radius 3 is 3.14 bits per heavy atom. The van der Waals surface area contributed by atoms with Gasteiger partial charge in [0.05, 0.1) is 16.8 Å². The van der Waals surface area contributed by atoms with Gasteiger partial charge in [0.25, 0.3) is 5.56 Å². The molecule has 3 rings (SSSR count). The van der Waals surface area contributed by atoms with Crippen LogP contribution in [0.2, 0.25) is 0 Å². The first kappa shape index (κ1) is 14.1. The summed E-state index contributed by atoms with van der Waals surface area (Å²) in [6.45, 7) is 6.02. The maximum Gasteiger partial charge on any atom is 0.263 e. The summed E-state index contributed by atoms with van der Waals surface area (Å²) in [5.74, 6) is 1.35. The number of aryl methyl sites for hydroxylation is 1. The maximum absolute atomic E-state index is 12.4. The third-order valence-electron chi connectivity index (χ3n) is 2.88. The molecule has 3 aromatic rings. The van der Waals surface area contributed by atoms with Crippen molar-refractivity contribution in [3.8, 4) is 0 Å². The molecule has 21 heavy (non-hydrogen) atoms. The van der Waals surface area contributed by atoms with E-state index < -0.39 is 0 Å². The lowest BCUT2D eigenvalue weighted by molar-refractivity contribution is 0.391. The van der Waals surface area contributed by atoms with E-state index in [0.717, 1.165) is 16.3 Å². The first-order valence-electron chi connectivity index (χ1n) is 6.33. The fourth-order valence-electron chi connectivity index (χ4n) is 1.95. The lowest BCUT2D eigenvalue weighted by Gasteiger charge is -2.08. The highest BCUT2D eigenvalue weighted by atomic mass is 32.2. The Morgan fingerprint density at radius 2 is 2.43 bits per heavy atom. The minimum Gasteiger partial charge on any atom is -0.360 e. The van der Waals surface area contributed by atoms with Crippen molar-refractivity contribution in [3.63, 3.8) is 0 Å². The Balaban J connectivity index is 1.97. The van der Waals surface area contributed by atoms with E-state index in [-0.39, 0.29) is 5.56 Å².